The molecule has 0 aliphatic carbocycles. The van der Waals surface area contributed by atoms with Crippen molar-refractivity contribution in [1.29, 1.82) is 4.78 Å². The van der Waals surface area contributed by atoms with Crippen LogP contribution in [-0.2, 0) is 10.7 Å². The highest BCUT2D eigenvalue weighted by Gasteiger charge is 2.19. The van der Waals surface area contributed by atoms with Gasteiger partial charge in [-0.25, -0.2) is 0 Å². The Morgan fingerprint density at radius 3 is 2.91 bits per heavy atom. The summed E-state index contributed by atoms with van der Waals surface area (Å²) in [6.07, 6.45) is 0. The lowest BCUT2D eigenvalue weighted by Gasteiger charge is -2.01. The molecule has 1 aromatic carbocycles. The summed E-state index contributed by atoms with van der Waals surface area (Å²) >= 11 is 0. The number of nitrogens with one attached hydrogen (secondary N) is 2. The van der Waals surface area contributed by atoms with Crippen molar-refractivity contribution < 1.29 is 0 Å². The van der Waals surface area contributed by atoms with Crippen LogP contribution < -0.4 is 5.32 Å². The molecular weight excluding hydrogens is 156 g/mol. The van der Waals surface area contributed by atoms with Gasteiger partial charge in [-0.05, 0) is 29.7 Å². The fourth-order valence-electron chi connectivity index (χ4n) is 1.25. The van der Waals surface area contributed by atoms with Gasteiger partial charge in [-0.1, -0.05) is 12.1 Å². The van der Waals surface area contributed by atoms with Gasteiger partial charge in [0.05, 0.1) is 5.37 Å². The maximum atomic E-state index is 7.79. The van der Waals surface area contributed by atoms with E-state index in [1.165, 1.54) is 0 Å². The molecule has 2 nitrogen and oxygen atoms in total. The lowest BCUT2D eigenvalue weighted by molar-refractivity contribution is 1.14. The molecule has 11 heavy (non-hydrogen) atoms. The molecule has 0 saturated heterocycles. The van der Waals surface area contributed by atoms with Crippen LogP contribution in [0.3, 0.4) is 0 Å². The molecule has 0 saturated carbocycles. The quantitative estimate of drug-likeness (QED) is 0.609. The SMILES string of the molecule is CC1Nc2ccccc2S1=N. The summed E-state index contributed by atoms with van der Waals surface area (Å²) in [6.45, 7) is 2.05. The molecule has 0 radical (unpaired) electrons. The van der Waals surface area contributed by atoms with E-state index in [4.69, 9.17) is 4.78 Å². The Bertz CT molecular complexity index is 309. The zero-order valence-corrected chi connectivity index (χ0v) is 7.11. The van der Waals surface area contributed by atoms with Crippen LogP contribution in [0.5, 0.6) is 0 Å². The molecule has 2 N–H and O–H groups in total. The third-order valence-corrected chi connectivity index (χ3v) is 3.49. The molecule has 0 fully saturated rings. The van der Waals surface area contributed by atoms with Crippen molar-refractivity contribution in [2.45, 2.75) is 17.2 Å². The Balaban J connectivity index is 2.55. The predicted octanol–water partition coefficient (Wildman–Crippen LogP) is 2.20. The minimum atomic E-state index is -0.354. The Kier molecular flexibility index (Phi) is 1.46. The smallest absolute Gasteiger partial charge is 0.0843 e. The van der Waals surface area contributed by atoms with Crippen molar-refractivity contribution in [3.63, 3.8) is 0 Å². The number of hydrogen-bond acceptors (Lipinski definition) is 2. The van der Waals surface area contributed by atoms with Gasteiger partial charge in [-0.2, -0.15) is 0 Å². The number of benzene rings is 1. The average Bonchev–Trinajstić information content (AvgIpc) is 2.30. The first-order valence-electron chi connectivity index (χ1n) is 3.59. The molecule has 3 heteroatoms. The van der Waals surface area contributed by atoms with Crippen LogP contribution >= 0.6 is 0 Å². The summed E-state index contributed by atoms with van der Waals surface area (Å²) in [6, 6.07) is 8.06. The van der Waals surface area contributed by atoms with E-state index in [9.17, 15) is 0 Å². The van der Waals surface area contributed by atoms with Crippen molar-refractivity contribution in [3.8, 4) is 0 Å². The lowest BCUT2D eigenvalue weighted by Crippen LogP contribution is -2.10. The van der Waals surface area contributed by atoms with E-state index < -0.39 is 0 Å². The van der Waals surface area contributed by atoms with Gasteiger partial charge in [-0.3, -0.25) is 4.78 Å². The maximum absolute atomic E-state index is 7.79. The Morgan fingerprint density at radius 1 is 1.45 bits per heavy atom. The Morgan fingerprint density at radius 2 is 2.18 bits per heavy atom. The summed E-state index contributed by atoms with van der Waals surface area (Å²) in [5.41, 5.74) is 1.14. The van der Waals surface area contributed by atoms with Gasteiger partial charge < -0.3 is 5.32 Å². The summed E-state index contributed by atoms with van der Waals surface area (Å²) < 4.78 is 7.79. The third-order valence-electron chi connectivity index (χ3n) is 1.84. The molecule has 1 aromatic rings. The lowest BCUT2D eigenvalue weighted by atomic mass is 10.3. The normalized spacial score (nSPS) is 27.7. The Hall–Kier alpha value is -0.830. The summed E-state index contributed by atoms with van der Waals surface area (Å²) in [5.74, 6) is 0. The zero-order valence-electron chi connectivity index (χ0n) is 6.29. The molecule has 1 aliphatic rings. The molecule has 1 aliphatic heterocycles. The second-order valence-corrected chi connectivity index (χ2v) is 4.44. The van der Waals surface area contributed by atoms with Crippen LogP contribution in [0.15, 0.2) is 29.2 Å². The molecule has 0 aromatic heterocycles. The highest BCUT2D eigenvalue weighted by atomic mass is 32.2. The van der Waals surface area contributed by atoms with Crippen molar-refractivity contribution in [1.82, 2.24) is 0 Å². The first-order chi connectivity index (χ1) is 5.29. The van der Waals surface area contributed by atoms with Gasteiger partial charge in [0.1, 0.15) is 0 Å². The average molecular weight is 166 g/mol. The number of anilines is 1. The van der Waals surface area contributed by atoms with Gasteiger partial charge in [-0.15, -0.1) is 0 Å². The molecular formula is C8H10N2S. The molecule has 0 amide bonds. The molecule has 0 bridgehead atoms. The fourth-order valence-corrected chi connectivity index (χ4v) is 2.46. The summed E-state index contributed by atoms with van der Waals surface area (Å²) in [4.78, 5) is 1.15. The largest absolute Gasteiger partial charge is 0.371 e. The molecule has 2 atom stereocenters. The molecule has 2 unspecified atom stereocenters. The van der Waals surface area contributed by atoms with Crippen LogP contribution in [0.2, 0.25) is 0 Å². The van der Waals surface area contributed by atoms with E-state index in [2.05, 4.69) is 12.2 Å². The minimum Gasteiger partial charge on any atom is -0.371 e. The first kappa shape index (κ1) is 6.85. The second-order valence-electron chi connectivity index (χ2n) is 2.62. The van der Waals surface area contributed by atoms with Gasteiger partial charge in [0.15, 0.2) is 0 Å². The van der Waals surface area contributed by atoms with E-state index in [1.807, 2.05) is 24.3 Å². The topological polar surface area (TPSA) is 35.9 Å². The van der Waals surface area contributed by atoms with Crippen LogP contribution in [0.25, 0.3) is 0 Å². The van der Waals surface area contributed by atoms with Crippen LogP contribution in [0, 0.1) is 4.78 Å². The molecule has 0 spiro atoms. The van der Waals surface area contributed by atoms with E-state index >= 15 is 0 Å². The van der Waals surface area contributed by atoms with Gasteiger partial charge in [0, 0.05) is 10.6 Å². The van der Waals surface area contributed by atoms with E-state index in [-0.39, 0.29) is 16.1 Å². The van der Waals surface area contributed by atoms with Gasteiger partial charge in [0.2, 0.25) is 0 Å². The number of rotatable bonds is 0. The Labute approximate surface area is 68.5 Å². The van der Waals surface area contributed by atoms with E-state index in [0.29, 0.717) is 0 Å². The third kappa shape index (κ3) is 0.959. The summed E-state index contributed by atoms with van der Waals surface area (Å²) in [7, 11) is -0.354. The number of para-hydroxylation sites is 1. The van der Waals surface area contributed by atoms with Gasteiger partial charge >= 0.3 is 0 Å². The van der Waals surface area contributed by atoms with E-state index in [0.717, 1.165) is 10.6 Å². The molecule has 58 valence electrons. The van der Waals surface area contributed by atoms with E-state index in [1.54, 1.807) is 0 Å². The van der Waals surface area contributed by atoms with Crippen LogP contribution in [0.1, 0.15) is 6.92 Å². The fraction of sp³-hybridized carbons (Fsp3) is 0.250. The van der Waals surface area contributed by atoms with Crippen molar-refractivity contribution in [3.05, 3.63) is 24.3 Å². The number of hydrogen-bond donors (Lipinski definition) is 2. The van der Waals surface area contributed by atoms with Crippen molar-refractivity contribution >= 4 is 16.4 Å². The molecule has 2 rings (SSSR count). The van der Waals surface area contributed by atoms with Crippen molar-refractivity contribution in [2.24, 2.45) is 0 Å². The number of fused-ring (bicyclic) bond motifs is 1. The van der Waals surface area contributed by atoms with Gasteiger partial charge in [0.25, 0.3) is 0 Å². The minimum absolute atomic E-state index is 0.285. The first-order valence-corrected chi connectivity index (χ1v) is 4.88. The predicted molar refractivity (Wildman–Crippen MR) is 47.9 cm³/mol. The summed E-state index contributed by atoms with van der Waals surface area (Å²) in [5, 5.41) is 3.56. The zero-order chi connectivity index (χ0) is 7.84. The second kappa shape index (κ2) is 2.34. The van der Waals surface area contributed by atoms with Crippen LogP contribution in [-0.4, -0.2) is 5.37 Å². The standard InChI is InChI=1S/C8H10N2S/c1-6-10-7-4-2-3-5-8(7)11(6)9/h2-6,9-10H,1H3. The monoisotopic (exact) mass is 166 g/mol. The highest BCUT2D eigenvalue weighted by Crippen LogP contribution is 2.29. The highest BCUT2D eigenvalue weighted by molar-refractivity contribution is 7.87. The maximum Gasteiger partial charge on any atom is 0.0843 e. The van der Waals surface area contributed by atoms with Crippen LogP contribution in [0.4, 0.5) is 5.69 Å². The molecule has 1 heterocycles. The van der Waals surface area contributed by atoms with Crippen molar-refractivity contribution in [2.75, 3.05) is 5.32 Å².